The Bertz CT molecular complexity index is 1180. The van der Waals surface area contributed by atoms with E-state index >= 15 is 0 Å². The van der Waals surface area contributed by atoms with Crippen molar-refractivity contribution >= 4 is 46.6 Å². The Hall–Kier alpha value is -2.81. The molecule has 30 heavy (non-hydrogen) atoms. The van der Waals surface area contributed by atoms with Crippen LogP contribution in [0.2, 0.25) is 10.0 Å². The van der Waals surface area contributed by atoms with Crippen LogP contribution in [0.15, 0.2) is 70.4 Å². The van der Waals surface area contributed by atoms with Crippen molar-refractivity contribution < 1.29 is 13.6 Å². The summed E-state index contributed by atoms with van der Waals surface area (Å²) >= 11 is 12.9. The predicted molar refractivity (Wildman–Crippen MR) is 115 cm³/mol. The zero-order chi connectivity index (χ0) is 21.1. The number of carbonyl (C=O) groups excluding carboxylic acids is 1. The minimum Gasteiger partial charge on any atom is -0.461 e. The van der Waals surface area contributed by atoms with E-state index in [4.69, 9.17) is 27.6 Å². The lowest BCUT2D eigenvalue weighted by Gasteiger charge is -2.10. The highest BCUT2D eigenvalue weighted by Gasteiger charge is 2.19. The van der Waals surface area contributed by atoms with Crippen molar-refractivity contribution in [1.82, 2.24) is 14.8 Å². The van der Waals surface area contributed by atoms with Gasteiger partial charge < -0.3 is 9.73 Å². The molecule has 6 nitrogen and oxygen atoms in total. The molecule has 4 rings (SSSR count). The molecule has 1 N–H and O–H groups in total. The topological polar surface area (TPSA) is 73.0 Å². The lowest BCUT2D eigenvalue weighted by atomic mass is 10.3. The molecule has 0 aliphatic carbocycles. The Labute approximate surface area is 185 Å². The van der Waals surface area contributed by atoms with E-state index in [9.17, 15) is 9.18 Å². The van der Waals surface area contributed by atoms with Crippen LogP contribution in [0.4, 0.5) is 10.1 Å². The van der Waals surface area contributed by atoms with Crippen molar-refractivity contribution in [3.05, 3.63) is 76.7 Å². The summed E-state index contributed by atoms with van der Waals surface area (Å²) in [5, 5.41) is 12.1. The summed E-state index contributed by atoms with van der Waals surface area (Å²) in [6, 6.07) is 14.7. The molecule has 4 aromatic rings. The summed E-state index contributed by atoms with van der Waals surface area (Å²) in [5.74, 6) is 0.238. The maximum absolute atomic E-state index is 13.3. The molecule has 1 amide bonds. The highest BCUT2D eigenvalue weighted by molar-refractivity contribution is 7.99. The van der Waals surface area contributed by atoms with E-state index in [1.54, 1.807) is 35.1 Å². The number of nitrogens with zero attached hydrogens (tertiary/aromatic N) is 3. The number of aromatic nitrogens is 3. The molecule has 2 heterocycles. The van der Waals surface area contributed by atoms with Crippen molar-refractivity contribution in [3.63, 3.8) is 0 Å². The molecule has 0 aliphatic heterocycles. The van der Waals surface area contributed by atoms with Gasteiger partial charge in [-0.05, 0) is 54.6 Å². The van der Waals surface area contributed by atoms with Crippen LogP contribution in [0.5, 0.6) is 0 Å². The zero-order valence-electron chi connectivity index (χ0n) is 15.2. The molecular weight excluding hydrogens is 450 g/mol. The van der Waals surface area contributed by atoms with Gasteiger partial charge in [0.05, 0.1) is 17.0 Å². The lowest BCUT2D eigenvalue weighted by Crippen LogP contribution is -2.14. The van der Waals surface area contributed by atoms with Crippen molar-refractivity contribution in [2.45, 2.75) is 5.16 Å². The summed E-state index contributed by atoms with van der Waals surface area (Å²) in [6.45, 7) is 0. The van der Waals surface area contributed by atoms with Crippen molar-refractivity contribution in [2.24, 2.45) is 0 Å². The molecule has 0 radical (unpaired) electrons. The quantitative estimate of drug-likeness (QED) is 0.371. The molecule has 0 spiro atoms. The molecule has 0 fully saturated rings. The number of benzene rings is 2. The number of nitrogens with one attached hydrogen (secondary N) is 1. The Balaban J connectivity index is 1.55. The number of carbonyl (C=O) groups is 1. The molecule has 0 aliphatic rings. The van der Waals surface area contributed by atoms with Gasteiger partial charge in [0.2, 0.25) is 11.7 Å². The molecule has 0 saturated heterocycles. The standard InChI is InChI=1S/C20H13Cl2FN4O2S/c21-12-3-6-14(7-4-12)27-19(17-2-1-9-29-17)25-26-20(27)30-11-18(28)24-13-5-8-16(23)15(22)10-13/h1-10H,11H2,(H,24,28). The molecule has 0 saturated carbocycles. The molecule has 0 atom stereocenters. The minimum absolute atomic E-state index is 0.0544. The highest BCUT2D eigenvalue weighted by atomic mass is 35.5. The van der Waals surface area contributed by atoms with Crippen LogP contribution in [0.1, 0.15) is 0 Å². The van der Waals surface area contributed by atoms with Crippen LogP contribution >= 0.6 is 35.0 Å². The Morgan fingerprint density at radius 3 is 2.63 bits per heavy atom. The van der Waals surface area contributed by atoms with E-state index in [2.05, 4.69) is 15.5 Å². The van der Waals surface area contributed by atoms with Crippen LogP contribution < -0.4 is 5.32 Å². The first kappa shape index (κ1) is 20.5. The number of anilines is 1. The van der Waals surface area contributed by atoms with E-state index in [1.165, 1.54) is 30.0 Å². The summed E-state index contributed by atoms with van der Waals surface area (Å²) in [5.41, 5.74) is 1.17. The number of hydrogen-bond acceptors (Lipinski definition) is 5. The highest BCUT2D eigenvalue weighted by Crippen LogP contribution is 2.29. The third-order valence-electron chi connectivity index (χ3n) is 4.00. The number of furan rings is 1. The Kier molecular flexibility index (Phi) is 6.08. The first-order valence-electron chi connectivity index (χ1n) is 8.64. The fourth-order valence-electron chi connectivity index (χ4n) is 2.65. The van der Waals surface area contributed by atoms with E-state index in [0.717, 1.165) is 5.69 Å². The Morgan fingerprint density at radius 1 is 1.13 bits per heavy atom. The number of halogens is 3. The second-order valence-electron chi connectivity index (χ2n) is 6.06. The van der Waals surface area contributed by atoms with Crippen LogP contribution in [0.3, 0.4) is 0 Å². The predicted octanol–water partition coefficient (Wildman–Crippen LogP) is 5.70. The second kappa shape index (κ2) is 8.91. The van der Waals surface area contributed by atoms with Crippen LogP contribution in [0.25, 0.3) is 17.3 Å². The number of hydrogen-bond donors (Lipinski definition) is 1. The van der Waals surface area contributed by atoms with Crippen LogP contribution in [-0.2, 0) is 4.79 Å². The van der Waals surface area contributed by atoms with E-state index in [0.29, 0.717) is 27.5 Å². The summed E-state index contributed by atoms with van der Waals surface area (Å²) in [6.07, 6.45) is 1.55. The largest absolute Gasteiger partial charge is 0.461 e. The molecule has 0 unspecified atom stereocenters. The van der Waals surface area contributed by atoms with Gasteiger partial charge in [0, 0.05) is 16.4 Å². The van der Waals surface area contributed by atoms with Crippen LogP contribution in [0, 0.1) is 5.82 Å². The molecule has 10 heteroatoms. The van der Waals surface area contributed by atoms with Gasteiger partial charge >= 0.3 is 0 Å². The van der Waals surface area contributed by atoms with Crippen molar-refractivity contribution in [2.75, 3.05) is 11.1 Å². The van der Waals surface area contributed by atoms with Crippen LogP contribution in [-0.4, -0.2) is 26.4 Å². The summed E-state index contributed by atoms with van der Waals surface area (Å²) < 4.78 is 20.5. The average molecular weight is 463 g/mol. The molecule has 152 valence electrons. The van der Waals surface area contributed by atoms with Crippen molar-refractivity contribution in [3.8, 4) is 17.3 Å². The monoisotopic (exact) mass is 462 g/mol. The third-order valence-corrected chi connectivity index (χ3v) is 5.47. The van der Waals surface area contributed by atoms with Gasteiger partial charge in [0.25, 0.3) is 0 Å². The maximum atomic E-state index is 13.3. The third kappa shape index (κ3) is 4.51. The number of amides is 1. The van der Waals surface area contributed by atoms with Crippen molar-refractivity contribution in [1.29, 1.82) is 0 Å². The number of thioether (sulfide) groups is 1. The molecule has 2 aromatic carbocycles. The summed E-state index contributed by atoms with van der Waals surface area (Å²) in [7, 11) is 0. The lowest BCUT2D eigenvalue weighted by molar-refractivity contribution is -0.113. The van der Waals surface area contributed by atoms with E-state index in [-0.39, 0.29) is 16.7 Å². The van der Waals surface area contributed by atoms with Gasteiger partial charge in [-0.3, -0.25) is 9.36 Å². The maximum Gasteiger partial charge on any atom is 0.234 e. The van der Waals surface area contributed by atoms with E-state index in [1.807, 2.05) is 12.1 Å². The average Bonchev–Trinajstić information content (AvgIpc) is 3.39. The smallest absolute Gasteiger partial charge is 0.234 e. The Morgan fingerprint density at radius 2 is 1.93 bits per heavy atom. The van der Waals surface area contributed by atoms with Gasteiger partial charge in [-0.15, -0.1) is 10.2 Å². The zero-order valence-corrected chi connectivity index (χ0v) is 17.5. The van der Waals surface area contributed by atoms with Gasteiger partial charge in [0.1, 0.15) is 5.82 Å². The van der Waals surface area contributed by atoms with Gasteiger partial charge in [-0.1, -0.05) is 35.0 Å². The molecular formula is C20H13Cl2FN4O2S. The fourth-order valence-corrected chi connectivity index (χ4v) is 3.71. The fraction of sp³-hybridized carbons (Fsp3) is 0.0500. The minimum atomic E-state index is -0.550. The normalized spacial score (nSPS) is 10.9. The molecule has 2 aromatic heterocycles. The van der Waals surface area contributed by atoms with Gasteiger partial charge in [0.15, 0.2) is 10.9 Å². The van der Waals surface area contributed by atoms with Gasteiger partial charge in [-0.25, -0.2) is 4.39 Å². The van der Waals surface area contributed by atoms with Gasteiger partial charge in [-0.2, -0.15) is 0 Å². The first-order chi connectivity index (χ1) is 14.5. The summed E-state index contributed by atoms with van der Waals surface area (Å²) in [4.78, 5) is 12.3. The SMILES string of the molecule is O=C(CSc1nnc(-c2ccco2)n1-c1ccc(Cl)cc1)Nc1ccc(F)c(Cl)c1. The molecule has 0 bridgehead atoms. The number of rotatable bonds is 6. The second-order valence-corrected chi connectivity index (χ2v) is 7.85. The first-order valence-corrected chi connectivity index (χ1v) is 10.4. The van der Waals surface area contributed by atoms with E-state index < -0.39 is 5.82 Å².